The van der Waals surface area contributed by atoms with E-state index in [4.69, 9.17) is 10.6 Å². The van der Waals surface area contributed by atoms with E-state index in [-0.39, 0.29) is 17.9 Å². The Balaban J connectivity index is 2.11. The number of carboxylic acid groups (broad SMARTS) is 1. The van der Waals surface area contributed by atoms with Crippen molar-refractivity contribution in [3.63, 3.8) is 0 Å². The first-order valence-electron chi connectivity index (χ1n) is 4.74. The predicted octanol–water partition coefficient (Wildman–Crippen LogP) is 1.69. The van der Waals surface area contributed by atoms with Gasteiger partial charge >= 0.3 is 6.09 Å². The van der Waals surface area contributed by atoms with E-state index in [2.05, 4.69) is 10.0 Å². The van der Waals surface area contributed by atoms with Crippen molar-refractivity contribution < 1.29 is 9.90 Å². The lowest BCUT2D eigenvalue weighted by molar-refractivity contribution is 0.109. The highest BCUT2D eigenvalue weighted by Crippen LogP contribution is 2.38. The number of amides is 1. The fourth-order valence-electron chi connectivity index (χ4n) is 2.60. The van der Waals surface area contributed by atoms with E-state index in [1.54, 1.807) is 0 Å². The number of likely N-dealkylation sites (tertiary alicyclic amines) is 1. The lowest BCUT2D eigenvalue weighted by Gasteiger charge is -2.33. The highest BCUT2D eigenvalue weighted by molar-refractivity contribution is 5.65. The van der Waals surface area contributed by atoms with Gasteiger partial charge in [-0.15, -0.1) is 0 Å². The molecule has 0 spiro atoms. The zero-order valence-corrected chi connectivity index (χ0v) is 7.70. The summed E-state index contributed by atoms with van der Waals surface area (Å²) in [4.78, 5) is 15.0. The molecule has 1 saturated heterocycles. The molecule has 1 heterocycles. The Morgan fingerprint density at radius 3 is 2.43 bits per heavy atom. The van der Waals surface area contributed by atoms with Gasteiger partial charge in [0, 0.05) is 24.0 Å². The number of rotatable bonds is 1. The number of azide groups is 1. The molecule has 2 rings (SSSR count). The summed E-state index contributed by atoms with van der Waals surface area (Å²) in [6.45, 7) is 1.05. The molecule has 0 aromatic carbocycles. The summed E-state index contributed by atoms with van der Waals surface area (Å²) in [5.41, 5.74) is 8.39. The third-order valence-electron chi connectivity index (χ3n) is 3.24. The molecule has 1 N–H and O–H groups in total. The maximum atomic E-state index is 10.8. The number of nitrogens with zero attached hydrogens (tertiary/aromatic N) is 4. The Hall–Kier alpha value is -1.42. The van der Waals surface area contributed by atoms with Crippen molar-refractivity contribution in [2.24, 2.45) is 17.0 Å². The van der Waals surface area contributed by atoms with Crippen molar-refractivity contribution in [3.8, 4) is 0 Å². The lowest BCUT2D eigenvalue weighted by atomic mass is 9.93. The van der Waals surface area contributed by atoms with Crippen LogP contribution in [0.2, 0.25) is 0 Å². The minimum Gasteiger partial charge on any atom is -0.465 e. The standard InChI is InChI=1S/C8H12N4O2/c9-11-10-7-5-1-2-6(7)4-12(3-5)8(13)14/h5-7H,1-4H2,(H,13,14). The molecule has 0 aromatic rings. The average molecular weight is 196 g/mol. The van der Waals surface area contributed by atoms with Gasteiger partial charge in [-0.3, -0.25) is 0 Å². The van der Waals surface area contributed by atoms with Gasteiger partial charge in [-0.2, -0.15) is 0 Å². The summed E-state index contributed by atoms with van der Waals surface area (Å²) < 4.78 is 0. The molecule has 76 valence electrons. The Bertz CT molecular complexity index is 286. The summed E-state index contributed by atoms with van der Waals surface area (Å²) in [5, 5.41) is 12.6. The molecule has 1 amide bonds. The highest BCUT2D eigenvalue weighted by Gasteiger charge is 2.42. The van der Waals surface area contributed by atoms with Crippen LogP contribution in [0.4, 0.5) is 4.79 Å². The lowest BCUT2D eigenvalue weighted by Crippen LogP contribution is -2.46. The van der Waals surface area contributed by atoms with E-state index in [1.807, 2.05) is 0 Å². The second-order valence-electron chi connectivity index (χ2n) is 3.98. The fraction of sp³-hybridized carbons (Fsp3) is 0.875. The molecule has 2 fully saturated rings. The summed E-state index contributed by atoms with van der Waals surface area (Å²) in [7, 11) is 0. The molecular formula is C8H12N4O2. The van der Waals surface area contributed by atoms with Gasteiger partial charge in [0.2, 0.25) is 0 Å². The van der Waals surface area contributed by atoms with E-state index < -0.39 is 6.09 Å². The van der Waals surface area contributed by atoms with Crippen molar-refractivity contribution in [1.29, 1.82) is 0 Å². The SMILES string of the molecule is [N-]=[N+]=NC1C2CCC1CN(C(=O)O)C2. The molecule has 2 atom stereocenters. The molecule has 2 unspecified atom stereocenters. The number of piperidine rings is 1. The van der Waals surface area contributed by atoms with Gasteiger partial charge in [-0.05, 0) is 30.2 Å². The highest BCUT2D eigenvalue weighted by atomic mass is 16.4. The number of carbonyl (C=O) groups is 1. The van der Waals surface area contributed by atoms with Crippen LogP contribution in [-0.2, 0) is 0 Å². The van der Waals surface area contributed by atoms with Gasteiger partial charge in [0.15, 0.2) is 0 Å². The zero-order valence-electron chi connectivity index (χ0n) is 7.70. The minimum absolute atomic E-state index is 0.0237. The molecule has 6 nitrogen and oxygen atoms in total. The van der Waals surface area contributed by atoms with Gasteiger partial charge in [0.1, 0.15) is 0 Å². The average Bonchev–Trinajstić information content (AvgIpc) is 2.40. The van der Waals surface area contributed by atoms with Crippen LogP contribution < -0.4 is 0 Å². The van der Waals surface area contributed by atoms with Crippen molar-refractivity contribution in [1.82, 2.24) is 4.90 Å². The van der Waals surface area contributed by atoms with Crippen LogP contribution in [0.25, 0.3) is 10.4 Å². The van der Waals surface area contributed by atoms with Crippen LogP contribution in [0.15, 0.2) is 5.11 Å². The molecule has 1 saturated carbocycles. The predicted molar refractivity (Wildman–Crippen MR) is 48.7 cm³/mol. The van der Waals surface area contributed by atoms with Crippen LogP contribution in [0, 0.1) is 11.8 Å². The number of hydrogen-bond acceptors (Lipinski definition) is 2. The Kier molecular flexibility index (Phi) is 2.21. The number of fused-ring (bicyclic) bond motifs is 2. The summed E-state index contributed by atoms with van der Waals surface area (Å²) >= 11 is 0. The van der Waals surface area contributed by atoms with E-state index >= 15 is 0 Å². The van der Waals surface area contributed by atoms with Crippen LogP contribution >= 0.6 is 0 Å². The normalized spacial score (nSPS) is 35.1. The molecule has 1 aliphatic carbocycles. The summed E-state index contributed by atoms with van der Waals surface area (Å²) in [6.07, 6.45) is 1.11. The van der Waals surface area contributed by atoms with E-state index in [0.29, 0.717) is 13.1 Å². The van der Waals surface area contributed by atoms with Gasteiger partial charge in [-0.25, -0.2) is 4.79 Å². The first-order chi connectivity index (χ1) is 6.72. The maximum Gasteiger partial charge on any atom is 0.407 e. The molecular weight excluding hydrogens is 184 g/mol. The second-order valence-corrected chi connectivity index (χ2v) is 3.98. The molecule has 1 aliphatic heterocycles. The zero-order chi connectivity index (χ0) is 10.1. The third kappa shape index (κ3) is 1.37. The quantitative estimate of drug-likeness (QED) is 0.392. The first kappa shape index (κ1) is 9.15. The summed E-state index contributed by atoms with van der Waals surface area (Å²) in [5.74, 6) is 0.474. The Morgan fingerprint density at radius 2 is 2.00 bits per heavy atom. The van der Waals surface area contributed by atoms with Gasteiger partial charge in [0.25, 0.3) is 0 Å². The number of hydrogen-bond donors (Lipinski definition) is 1. The van der Waals surface area contributed by atoms with Crippen LogP contribution in [0.3, 0.4) is 0 Å². The smallest absolute Gasteiger partial charge is 0.407 e. The van der Waals surface area contributed by atoms with Crippen molar-refractivity contribution in [2.75, 3.05) is 13.1 Å². The largest absolute Gasteiger partial charge is 0.465 e. The molecule has 6 heteroatoms. The van der Waals surface area contributed by atoms with Crippen molar-refractivity contribution >= 4 is 6.09 Å². The molecule has 0 radical (unpaired) electrons. The van der Waals surface area contributed by atoms with Gasteiger partial charge < -0.3 is 10.0 Å². The molecule has 0 aromatic heterocycles. The molecule has 2 aliphatic rings. The molecule has 14 heavy (non-hydrogen) atoms. The fourth-order valence-corrected chi connectivity index (χ4v) is 2.60. The van der Waals surface area contributed by atoms with Gasteiger partial charge in [-0.1, -0.05) is 5.11 Å². The first-order valence-corrected chi connectivity index (χ1v) is 4.74. The van der Waals surface area contributed by atoms with E-state index in [0.717, 1.165) is 12.8 Å². The van der Waals surface area contributed by atoms with E-state index in [1.165, 1.54) is 4.90 Å². The molecule has 2 bridgehead atoms. The topological polar surface area (TPSA) is 89.3 Å². The second kappa shape index (κ2) is 3.38. The summed E-state index contributed by atoms with van der Waals surface area (Å²) in [6, 6.07) is 0.0237. The minimum atomic E-state index is -0.860. The van der Waals surface area contributed by atoms with Crippen LogP contribution in [0.5, 0.6) is 0 Å². The monoisotopic (exact) mass is 196 g/mol. The van der Waals surface area contributed by atoms with Crippen molar-refractivity contribution in [2.45, 2.75) is 18.9 Å². The maximum absolute atomic E-state index is 10.8. The van der Waals surface area contributed by atoms with Crippen molar-refractivity contribution in [3.05, 3.63) is 10.4 Å². The third-order valence-corrected chi connectivity index (χ3v) is 3.24. The Labute approximate surface area is 81.1 Å². The van der Waals surface area contributed by atoms with Gasteiger partial charge in [0.05, 0.1) is 0 Å². The van der Waals surface area contributed by atoms with Crippen LogP contribution in [0.1, 0.15) is 12.8 Å². The van der Waals surface area contributed by atoms with Crippen LogP contribution in [-0.4, -0.2) is 35.2 Å². The Morgan fingerprint density at radius 1 is 1.43 bits per heavy atom. The van der Waals surface area contributed by atoms with E-state index in [9.17, 15) is 4.79 Å².